The summed E-state index contributed by atoms with van der Waals surface area (Å²) in [6, 6.07) is 14.7. The molecule has 218 valence electrons. The molecule has 0 saturated heterocycles. The number of anilines is 1. The van der Waals surface area contributed by atoms with Gasteiger partial charge in [0.25, 0.3) is 26.1 Å². The molecule has 3 aromatic carbocycles. The minimum absolute atomic E-state index is 0.0180. The average molecular weight is 620 g/mol. The van der Waals surface area contributed by atoms with E-state index in [2.05, 4.69) is 31.8 Å². The highest BCUT2D eigenvalue weighted by Crippen LogP contribution is 2.33. The Bertz CT molecular complexity index is 2230. The smallest absolute Gasteiger partial charge is 0.282 e. The summed E-state index contributed by atoms with van der Waals surface area (Å²) >= 11 is 0. The molecule has 0 radical (unpaired) electrons. The van der Waals surface area contributed by atoms with Crippen LogP contribution in [0.5, 0.6) is 0 Å². The van der Waals surface area contributed by atoms with E-state index in [1.165, 1.54) is 4.57 Å². The van der Waals surface area contributed by atoms with Gasteiger partial charge in [-0.1, -0.05) is 12.1 Å². The standard InChI is InChI=1S/C27H21N7O7S2/c1-14-11-21(15(2)10-20(14)30-32-22-12-17(42(36,37)38)8-9-24(22)43(39,40)41)31-33-25-16(3)18(13-28)26-29-19-6-4-5-7-23(19)34(26)27(25)35/h4-12,31H,1-3H3,(H,36,37,38)(H,39,40,41)/b32-30+,33-25+. The Kier molecular flexibility index (Phi) is 7.28. The second-order valence-electron chi connectivity index (χ2n) is 9.48. The van der Waals surface area contributed by atoms with Crippen LogP contribution in [-0.4, -0.2) is 47.1 Å². The van der Waals surface area contributed by atoms with Gasteiger partial charge in [-0.05, 0) is 74.4 Å². The number of aromatic nitrogens is 2. The van der Waals surface area contributed by atoms with Gasteiger partial charge in [-0.2, -0.15) is 32.3 Å². The van der Waals surface area contributed by atoms with Crippen molar-refractivity contribution < 1.29 is 30.7 Å². The van der Waals surface area contributed by atoms with Crippen LogP contribution in [0.1, 0.15) is 28.7 Å². The normalized spacial score (nSPS) is 14.9. The van der Waals surface area contributed by atoms with Crippen molar-refractivity contribution in [3.05, 3.63) is 77.1 Å². The fourth-order valence-electron chi connectivity index (χ4n) is 4.42. The molecule has 0 atom stereocenters. The maximum Gasteiger partial charge on any atom is 0.296 e. The Hall–Kier alpha value is -5.08. The summed E-state index contributed by atoms with van der Waals surface area (Å²) in [6.07, 6.45) is 0. The number of hydrazone groups is 1. The van der Waals surface area contributed by atoms with Crippen molar-refractivity contribution in [1.82, 2.24) is 9.55 Å². The SMILES string of the molecule is CC1=C(C#N)c2nc3ccccc3n2C(=O)/C1=N/Nc1cc(C)c(/N=N/c2cc(S(=O)(=O)O)ccc2S(=O)(=O)O)cc1C. The number of azo groups is 1. The summed E-state index contributed by atoms with van der Waals surface area (Å²) in [5, 5.41) is 22.0. The topological polar surface area (TPSA) is 217 Å². The lowest BCUT2D eigenvalue weighted by molar-refractivity contribution is 0.0992. The van der Waals surface area contributed by atoms with Gasteiger partial charge < -0.3 is 0 Å². The molecule has 43 heavy (non-hydrogen) atoms. The molecular formula is C27H21N7O7S2. The zero-order valence-corrected chi connectivity index (χ0v) is 24.3. The Labute approximate surface area is 245 Å². The number of nitrogens with zero attached hydrogens (tertiary/aromatic N) is 6. The molecule has 4 aromatic rings. The first kappa shape index (κ1) is 29.4. The number of aryl methyl sites for hydroxylation is 2. The molecule has 2 heterocycles. The first-order chi connectivity index (χ1) is 20.2. The largest absolute Gasteiger partial charge is 0.296 e. The number of carbonyl (C=O) groups is 1. The number of imidazole rings is 1. The van der Waals surface area contributed by atoms with Gasteiger partial charge in [0.1, 0.15) is 22.2 Å². The lowest BCUT2D eigenvalue weighted by Crippen LogP contribution is -2.30. The van der Waals surface area contributed by atoms with E-state index in [0.717, 1.165) is 18.2 Å². The van der Waals surface area contributed by atoms with Crippen LogP contribution in [0.4, 0.5) is 17.1 Å². The first-order valence-electron chi connectivity index (χ1n) is 12.3. The monoisotopic (exact) mass is 619 g/mol. The highest BCUT2D eigenvalue weighted by atomic mass is 32.2. The number of hydrogen-bond donors (Lipinski definition) is 3. The molecule has 14 nitrogen and oxygen atoms in total. The predicted octanol–water partition coefficient (Wildman–Crippen LogP) is 4.98. The van der Waals surface area contributed by atoms with Crippen LogP contribution in [0.3, 0.4) is 0 Å². The minimum Gasteiger partial charge on any atom is -0.282 e. The van der Waals surface area contributed by atoms with E-state index in [9.17, 15) is 36.0 Å². The number of nitriles is 1. The van der Waals surface area contributed by atoms with E-state index in [4.69, 9.17) is 0 Å². The second kappa shape index (κ2) is 10.6. The molecule has 1 aliphatic rings. The van der Waals surface area contributed by atoms with E-state index in [0.29, 0.717) is 33.4 Å². The summed E-state index contributed by atoms with van der Waals surface area (Å²) in [5.41, 5.74) is 5.89. The van der Waals surface area contributed by atoms with Crippen LogP contribution in [0.2, 0.25) is 0 Å². The number of carbonyl (C=O) groups excluding carboxylic acids is 1. The van der Waals surface area contributed by atoms with Crippen LogP contribution in [0, 0.1) is 25.2 Å². The van der Waals surface area contributed by atoms with Gasteiger partial charge in [-0.15, -0.1) is 5.11 Å². The lowest BCUT2D eigenvalue weighted by atomic mass is 10.0. The highest BCUT2D eigenvalue weighted by molar-refractivity contribution is 7.86. The van der Waals surface area contributed by atoms with Crippen molar-refractivity contribution in [1.29, 1.82) is 5.26 Å². The third-order valence-electron chi connectivity index (χ3n) is 6.63. The van der Waals surface area contributed by atoms with Crippen LogP contribution >= 0.6 is 0 Å². The molecule has 0 amide bonds. The third-order valence-corrected chi connectivity index (χ3v) is 8.39. The Morgan fingerprint density at radius 2 is 1.60 bits per heavy atom. The van der Waals surface area contributed by atoms with Gasteiger partial charge in [-0.3, -0.25) is 23.9 Å². The van der Waals surface area contributed by atoms with Crippen molar-refractivity contribution in [2.75, 3.05) is 5.43 Å². The van der Waals surface area contributed by atoms with Gasteiger partial charge in [0.2, 0.25) is 0 Å². The molecule has 16 heteroatoms. The van der Waals surface area contributed by atoms with Gasteiger partial charge in [0, 0.05) is 5.57 Å². The molecule has 5 rings (SSSR count). The number of benzene rings is 3. The van der Waals surface area contributed by atoms with Crippen molar-refractivity contribution in [3.63, 3.8) is 0 Å². The van der Waals surface area contributed by atoms with Gasteiger partial charge in [-0.25, -0.2) is 4.98 Å². The number of fused-ring (bicyclic) bond motifs is 3. The summed E-state index contributed by atoms with van der Waals surface area (Å²) in [4.78, 5) is 16.6. The molecule has 1 aromatic heterocycles. The van der Waals surface area contributed by atoms with E-state index in [1.54, 1.807) is 57.2 Å². The Morgan fingerprint density at radius 3 is 2.28 bits per heavy atom. The maximum atomic E-state index is 13.5. The lowest BCUT2D eigenvalue weighted by Gasteiger charge is -2.17. The summed E-state index contributed by atoms with van der Waals surface area (Å²) in [5.74, 6) is -0.222. The fraction of sp³-hybridized carbons (Fsp3) is 0.111. The van der Waals surface area contributed by atoms with Crippen molar-refractivity contribution in [3.8, 4) is 6.07 Å². The molecule has 0 spiro atoms. The van der Waals surface area contributed by atoms with Crippen LogP contribution in [0.25, 0.3) is 16.6 Å². The van der Waals surface area contributed by atoms with Crippen molar-refractivity contribution in [2.45, 2.75) is 30.6 Å². The Morgan fingerprint density at radius 1 is 0.907 bits per heavy atom. The number of nitrogens with one attached hydrogen (secondary N) is 1. The zero-order chi connectivity index (χ0) is 31.3. The molecule has 0 saturated carbocycles. The van der Waals surface area contributed by atoms with Gasteiger partial charge in [0.15, 0.2) is 11.5 Å². The summed E-state index contributed by atoms with van der Waals surface area (Å²) < 4.78 is 66.8. The number of allylic oxidation sites excluding steroid dienone is 2. The molecular weight excluding hydrogens is 598 g/mol. The summed E-state index contributed by atoms with van der Waals surface area (Å²) in [6.45, 7) is 4.98. The molecule has 0 fully saturated rings. The van der Waals surface area contributed by atoms with Gasteiger partial charge in [0.05, 0.1) is 27.3 Å². The third kappa shape index (κ3) is 5.45. The van der Waals surface area contributed by atoms with Crippen LogP contribution in [-0.2, 0) is 20.2 Å². The molecule has 0 aliphatic carbocycles. The maximum absolute atomic E-state index is 13.5. The molecule has 0 bridgehead atoms. The highest BCUT2D eigenvalue weighted by Gasteiger charge is 2.32. The van der Waals surface area contributed by atoms with E-state index in [1.807, 2.05) is 0 Å². The van der Waals surface area contributed by atoms with E-state index in [-0.39, 0.29) is 22.8 Å². The summed E-state index contributed by atoms with van der Waals surface area (Å²) in [7, 11) is -9.49. The van der Waals surface area contributed by atoms with E-state index >= 15 is 0 Å². The fourth-order valence-corrected chi connectivity index (χ4v) is 5.53. The van der Waals surface area contributed by atoms with E-state index < -0.39 is 41.6 Å². The Balaban J connectivity index is 1.49. The van der Waals surface area contributed by atoms with Crippen LogP contribution in [0.15, 0.2) is 85.3 Å². The minimum atomic E-state index is -4.80. The number of para-hydroxylation sites is 2. The van der Waals surface area contributed by atoms with Crippen molar-refractivity contribution in [2.24, 2.45) is 15.3 Å². The average Bonchev–Trinajstić information content (AvgIpc) is 3.32. The second-order valence-corrected chi connectivity index (χ2v) is 12.3. The first-order valence-corrected chi connectivity index (χ1v) is 15.2. The van der Waals surface area contributed by atoms with Gasteiger partial charge >= 0.3 is 0 Å². The molecule has 0 unspecified atom stereocenters. The van der Waals surface area contributed by atoms with Crippen LogP contribution < -0.4 is 5.43 Å². The zero-order valence-electron chi connectivity index (χ0n) is 22.6. The predicted molar refractivity (Wildman–Crippen MR) is 156 cm³/mol. The van der Waals surface area contributed by atoms with Crippen molar-refractivity contribution >= 4 is 65.5 Å². The molecule has 1 aliphatic heterocycles. The molecule has 3 N–H and O–H groups in total. The number of hydrogen-bond acceptors (Lipinski definition) is 11. The number of rotatable bonds is 6. The quantitative estimate of drug-likeness (QED) is 0.149.